The van der Waals surface area contributed by atoms with Crippen LogP contribution in [0.15, 0.2) is 0 Å². The summed E-state index contributed by atoms with van der Waals surface area (Å²) in [5.74, 6) is -1.27. The number of aliphatic carboxylic acids is 1. The molecule has 1 unspecified atom stereocenters. The molecule has 4 N–H and O–H groups in total. The molecule has 0 rings (SSSR count). The van der Waals surface area contributed by atoms with E-state index >= 15 is 0 Å². The van der Waals surface area contributed by atoms with E-state index in [-0.39, 0.29) is 6.42 Å². The molecule has 0 saturated heterocycles. The molecule has 1 atom stereocenters. The smallest absolute Gasteiger partial charge is 0.401 e. The van der Waals surface area contributed by atoms with E-state index in [0.717, 1.165) is 0 Å². The topological polar surface area (TPSA) is 107 Å². The number of carbonyl (C=O) groups is 1. The Kier molecular flexibility index (Phi) is 3.68. The Bertz CT molecular complexity index is 187. The summed E-state index contributed by atoms with van der Waals surface area (Å²) in [6.07, 6.45) is 0.125. The van der Waals surface area contributed by atoms with Crippen LogP contribution in [-0.4, -0.2) is 26.9 Å². The Hall–Kier alpha value is -0.420. The van der Waals surface area contributed by atoms with Crippen molar-refractivity contribution < 1.29 is 24.3 Å². The molecule has 0 saturated carbocycles. The molecule has 0 aromatic heterocycles. The maximum atomic E-state index is 10.2. The van der Waals surface area contributed by atoms with Gasteiger partial charge in [-0.3, -0.25) is 4.79 Å². The third-order valence-electron chi connectivity index (χ3n) is 1.03. The van der Waals surface area contributed by atoms with Crippen LogP contribution in [0.2, 0.25) is 0 Å². The molecule has 6 nitrogen and oxygen atoms in total. The molecular formula is C4H10NO5P. The molecule has 0 aliphatic carbocycles. The van der Waals surface area contributed by atoms with E-state index in [4.69, 9.17) is 14.9 Å². The van der Waals surface area contributed by atoms with E-state index in [9.17, 15) is 9.36 Å². The Labute approximate surface area is 63.4 Å². The molecule has 66 valence electrons. The summed E-state index contributed by atoms with van der Waals surface area (Å²) in [7, 11) is -4.42. The maximum absolute atomic E-state index is 10.2. The first-order valence-electron chi connectivity index (χ1n) is 2.93. The van der Waals surface area contributed by atoms with Crippen LogP contribution < -0.4 is 5.09 Å². The number of hydrogen-bond donors (Lipinski definition) is 4. The van der Waals surface area contributed by atoms with E-state index in [1.165, 1.54) is 6.92 Å². The van der Waals surface area contributed by atoms with Crippen LogP contribution >= 0.6 is 7.75 Å². The third-order valence-corrected chi connectivity index (χ3v) is 1.68. The number of nitrogens with one attached hydrogen (secondary N) is 1. The molecule has 0 aliphatic rings. The number of carboxylic acid groups (broad SMARTS) is 1. The highest BCUT2D eigenvalue weighted by Crippen LogP contribution is 2.29. The minimum absolute atomic E-state index is 0.125. The second kappa shape index (κ2) is 3.82. The monoisotopic (exact) mass is 183 g/mol. The van der Waals surface area contributed by atoms with Gasteiger partial charge in [0.2, 0.25) is 0 Å². The van der Waals surface area contributed by atoms with Crippen molar-refractivity contribution in [3.8, 4) is 0 Å². The van der Waals surface area contributed by atoms with Gasteiger partial charge in [-0.2, -0.15) is 0 Å². The summed E-state index contributed by atoms with van der Waals surface area (Å²) in [6.45, 7) is 1.52. The van der Waals surface area contributed by atoms with Crippen LogP contribution in [0.1, 0.15) is 13.3 Å². The molecular weight excluding hydrogens is 173 g/mol. The highest BCUT2D eigenvalue weighted by molar-refractivity contribution is 7.49. The lowest BCUT2D eigenvalue weighted by Crippen LogP contribution is -2.33. The predicted molar refractivity (Wildman–Crippen MR) is 36.9 cm³/mol. The fourth-order valence-corrected chi connectivity index (χ4v) is 1.22. The van der Waals surface area contributed by atoms with Crippen molar-refractivity contribution in [1.82, 2.24) is 5.09 Å². The average molecular weight is 183 g/mol. The van der Waals surface area contributed by atoms with Crippen molar-refractivity contribution in [3.05, 3.63) is 0 Å². The first-order valence-corrected chi connectivity index (χ1v) is 4.54. The number of rotatable bonds is 4. The van der Waals surface area contributed by atoms with Gasteiger partial charge >= 0.3 is 13.7 Å². The van der Waals surface area contributed by atoms with Crippen molar-refractivity contribution >= 4 is 13.7 Å². The van der Waals surface area contributed by atoms with Crippen molar-refractivity contribution in [2.75, 3.05) is 0 Å². The van der Waals surface area contributed by atoms with Gasteiger partial charge in [0.1, 0.15) is 6.04 Å². The van der Waals surface area contributed by atoms with E-state index in [2.05, 4.69) is 0 Å². The van der Waals surface area contributed by atoms with Crippen LogP contribution in [0.25, 0.3) is 0 Å². The highest BCUT2D eigenvalue weighted by atomic mass is 31.2. The second-order valence-corrected chi connectivity index (χ2v) is 3.32. The quantitative estimate of drug-likeness (QED) is 0.439. The summed E-state index contributed by atoms with van der Waals surface area (Å²) in [5, 5.41) is 10.0. The Balaban J connectivity index is 4.10. The zero-order valence-electron chi connectivity index (χ0n) is 5.89. The van der Waals surface area contributed by atoms with Crippen LogP contribution in [-0.2, 0) is 9.36 Å². The normalized spacial score (nSPS) is 14.5. The van der Waals surface area contributed by atoms with E-state index in [0.29, 0.717) is 0 Å². The van der Waals surface area contributed by atoms with Gasteiger partial charge in [0.15, 0.2) is 0 Å². The van der Waals surface area contributed by atoms with Gasteiger partial charge in [-0.25, -0.2) is 9.65 Å². The minimum atomic E-state index is -4.42. The van der Waals surface area contributed by atoms with Gasteiger partial charge in [-0.05, 0) is 6.42 Å². The molecule has 0 aromatic rings. The van der Waals surface area contributed by atoms with Gasteiger partial charge in [-0.1, -0.05) is 6.92 Å². The Morgan fingerprint density at radius 2 is 2.09 bits per heavy atom. The largest absolute Gasteiger partial charge is 0.480 e. The molecule has 0 radical (unpaired) electrons. The standard InChI is InChI=1S/C4H10NO5P/c1-2-3(4(6)7)5-11(8,9)10/h3H,2H2,1H3,(H,6,7)(H3,5,8,9,10). The molecule has 0 heterocycles. The SMILES string of the molecule is CCC(NP(=O)(O)O)C(=O)O. The summed E-state index contributed by atoms with van der Waals surface area (Å²) in [4.78, 5) is 26.8. The van der Waals surface area contributed by atoms with Crippen LogP contribution in [0.4, 0.5) is 0 Å². The molecule has 11 heavy (non-hydrogen) atoms. The average Bonchev–Trinajstić information content (AvgIpc) is 1.80. The molecule has 0 bridgehead atoms. The van der Waals surface area contributed by atoms with E-state index in [1.54, 1.807) is 5.09 Å². The molecule has 0 aliphatic heterocycles. The summed E-state index contributed by atoms with van der Waals surface area (Å²) in [5.41, 5.74) is 0. The summed E-state index contributed by atoms with van der Waals surface area (Å²) < 4.78 is 10.2. The lowest BCUT2D eigenvalue weighted by atomic mass is 10.2. The second-order valence-electron chi connectivity index (χ2n) is 1.97. The van der Waals surface area contributed by atoms with E-state index < -0.39 is 19.8 Å². The molecule has 7 heteroatoms. The Morgan fingerprint density at radius 3 is 2.18 bits per heavy atom. The first kappa shape index (κ1) is 10.6. The van der Waals surface area contributed by atoms with Gasteiger partial charge in [0.05, 0.1) is 0 Å². The zero-order valence-corrected chi connectivity index (χ0v) is 6.78. The Morgan fingerprint density at radius 1 is 1.64 bits per heavy atom. The molecule has 0 amide bonds. The van der Waals surface area contributed by atoms with Crippen molar-refractivity contribution in [3.63, 3.8) is 0 Å². The zero-order chi connectivity index (χ0) is 9.07. The highest BCUT2D eigenvalue weighted by Gasteiger charge is 2.23. The minimum Gasteiger partial charge on any atom is -0.480 e. The molecule has 0 aromatic carbocycles. The van der Waals surface area contributed by atoms with Gasteiger partial charge < -0.3 is 14.9 Å². The molecule has 0 fully saturated rings. The van der Waals surface area contributed by atoms with E-state index in [1.807, 2.05) is 0 Å². The van der Waals surface area contributed by atoms with Crippen LogP contribution in [0.3, 0.4) is 0 Å². The first-order chi connectivity index (χ1) is 4.87. The van der Waals surface area contributed by atoms with Crippen molar-refractivity contribution in [2.45, 2.75) is 19.4 Å². The van der Waals surface area contributed by atoms with Gasteiger partial charge in [0.25, 0.3) is 0 Å². The lowest BCUT2D eigenvalue weighted by Gasteiger charge is -2.12. The summed E-state index contributed by atoms with van der Waals surface area (Å²) >= 11 is 0. The lowest BCUT2D eigenvalue weighted by molar-refractivity contribution is -0.139. The van der Waals surface area contributed by atoms with Crippen molar-refractivity contribution in [2.24, 2.45) is 0 Å². The van der Waals surface area contributed by atoms with Crippen LogP contribution in [0.5, 0.6) is 0 Å². The maximum Gasteiger partial charge on any atom is 0.401 e. The van der Waals surface area contributed by atoms with Gasteiger partial charge in [-0.15, -0.1) is 0 Å². The van der Waals surface area contributed by atoms with Crippen LogP contribution in [0, 0.1) is 0 Å². The predicted octanol–water partition coefficient (Wildman–Crippen LogP) is -0.468. The fourth-order valence-electron chi connectivity index (χ4n) is 0.524. The third kappa shape index (κ3) is 4.92. The fraction of sp³-hybridized carbons (Fsp3) is 0.750. The number of hydrogen-bond acceptors (Lipinski definition) is 2. The summed E-state index contributed by atoms with van der Waals surface area (Å²) in [6, 6.07) is -1.18. The molecule has 0 spiro atoms. The van der Waals surface area contributed by atoms with Crippen molar-refractivity contribution in [1.29, 1.82) is 0 Å². The number of carboxylic acids is 1. The van der Waals surface area contributed by atoms with Gasteiger partial charge in [0, 0.05) is 0 Å².